The molecule has 1 heterocycles. The third kappa shape index (κ3) is 5.67. The second kappa shape index (κ2) is 10.3. The van der Waals surface area contributed by atoms with Crippen molar-refractivity contribution < 1.29 is 15.0 Å². The fourth-order valence-electron chi connectivity index (χ4n) is 5.05. The molecular formula is C26H37ClN2O3. The molecule has 0 spiro atoms. The van der Waals surface area contributed by atoms with Gasteiger partial charge in [0.1, 0.15) is 5.82 Å². The highest BCUT2D eigenvalue weighted by molar-refractivity contribution is 6.30. The predicted molar refractivity (Wildman–Crippen MR) is 129 cm³/mol. The molecule has 3 rings (SSSR count). The molecule has 2 atom stereocenters. The molecule has 0 bridgehead atoms. The standard InChI is InChI=1S/C26H37ClN2O3/c1-5-6-11-21-28-23(27)24(30)29(21)20(16-26(2,3)4)17-12-14-19(15-13-17)22(25(31)32)18-9-7-8-10-18/h12-15,18,20,22,30H,5-11,16H2,1-4H3,(H,31,32). The number of hydrogen-bond donors (Lipinski definition) is 2. The molecule has 1 saturated carbocycles. The Morgan fingerprint density at radius 2 is 1.78 bits per heavy atom. The number of unbranched alkanes of at least 4 members (excludes halogenated alkanes) is 1. The number of benzene rings is 1. The molecule has 1 fully saturated rings. The maximum atomic E-state index is 12.0. The summed E-state index contributed by atoms with van der Waals surface area (Å²) in [6.45, 7) is 8.66. The highest BCUT2D eigenvalue weighted by Gasteiger charge is 2.33. The number of aromatic hydroxyl groups is 1. The number of aryl methyl sites for hydroxylation is 1. The lowest BCUT2D eigenvalue weighted by atomic mass is 9.82. The number of rotatable bonds is 9. The molecule has 6 heteroatoms. The number of hydrogen-bond acceptors (Lipinski definition) is 3. The predicted octanol–water partition coefficient (Wildman–Crippen LogP) is 6.97. The minimum Gasteiger partial charge on any atom is -0.492 e. The molecule has 32 heavy (non-hydrogen) atoms. The van der Waals surface area contributed by atoms with Gasteiger partial charge >= 0.3 is 5.97 Å². The van der Waals surface area contributed by atoms with Crippen molar-refractivity contribution in [3.05, 3.63) is 46.4 Å². The summed E-state index contributed by atoms with van der Waals surface area (Å²) < 4.78 is 1.88. The Morgan fingerprint density at radius 1 is 1.19 bits per heavy atom. The van der Waals surface area contributed by atoms with Gasteiger partial charge in [0, 0.05) is 6.42 Å². The zero-order valence-corrected chi connectivity index (χ0v) is 20.5. The number of carboxylic acid groups (broad SMARTS) is 1. The third-order valence-corrected chi connectivity index (χ3v) is 6.86. The van der Waals surface area contributed by atoms with Crippen LogP contribution in [0.1, 0.15) is 102 Å². The van der Waals surface area contributed by atoms with Gasteiger partial charge in [-0.3, -0.25) is 9.36 Å². The van der Waals surface area contributed by atoms with E-state index in [-0.39, 0.29) is 28.4 Å². The van der Waals surface area contributed by atoms with Crippen LogP contribution < -0.4 is 0 Å². The zero-order chi connectivity index (χ0) is 23.5. The third-order valence-electron chi connectivity index (χ3n) is 6.61. The molecule has 0 aliphatic heterocycles. The van der Waals surface area contributed by atoms with Gasteiger partial charge in [0.2, 0.25) is 5.88 Å². The number of aromatic nitrogens is 2. The molecule has 1 aliphatic rings. The Morgan fingerprint density at radius 3 is 2.31 bits per heavy atom. The topological polar surface area (TPSA) is 75.4 Å². The van der Waals surface area contributed by atoms with Crippen LogP contribution in [0.15, 0.2) is 24.3 Å². The summed E-state index contributed by atoms with van der Waals surface area (Å²) in [6.07, 6.45) is 7.72. The summed E-state index contributed by atoms with van der Waals surface area (Å²) in [7, 11) is 0. The summed E-state index contributed by atoms with van der Waals surface area (Å²) in [5, 5.41) is 20.8. The number of aliphatic carboxylic acids is 1. The Bertz CT molecular complexity index is 908. The fraction of sp³-hybridized carbons (Fsp3) is 0.615. The average Bonchev–Trinajstić information content (AvgIpc) is 3.33. The van der Waals surface area contributed by atoms with E-state index in [1.165, 1.54) is 0 Å². The molecule has 5 nitrogen and oxygen atoms in total. The van der Waals surface area contributed by atoms with Gasteiger partial charge in [0.25, 0.3) is 0 Å². The SMILES string of the molecule is CCCCc1nc(Cl)c(O)n1C(CC(C)(C)C)c1ccc(C(C(=O)O)C2CCCC2)cc1. The van der Waals surface area contributed by atoms with Crippen molar-refractivity contribution in [3.63, 3.8) is 0 Å². The first-order valence-electron chi connectivity index (χ1n) is 11.9. The van der Waals surface area contributed by atoms with E-state index in [0.717, 1.165) is 68.3 Å². The summed E-state index contributed by atoms with van der Waals surface area (Å²) >= 11 is 6.24. The summed E-state index contributed by atoms with van der Waals surface area (Å²) in [5.41, 5.74) is 1.89. The van der Waals surface area contributed by atoms with E-state index in [2.05, 4.69) is 32.7 Å². The van der Waals surface area contributed by atoms with Gasteiger partial charge in [0.05, 0.1) is 12.0 Å². The lowest BCUT2D eigenvalue weighted by Crippen LogP contribution is -2.21. The first-order chi connectivity index (χ1) is 15.1. The van der Waals surface area contributed by atoms with E-state index in [4.69, 9.17) is 11.6 Å². The Labute approximate surface area is 196 Å². The van der Waals surface area contributed by atoms with Crippen LogP contribution in [0.3, 0.4) is 0 Å². The molecule has 2 aromatic rings. The molecule has 1 aromatic carbocycles. The first-order valence-corrected chi connectivity index (χ1v) is 12.3. The van der Waals surface area contributed by atoms with Gasteiger partial charge in [-0.25, -0.2) is 4.98 Å². The highest BCUT2D eigenvalue weighted by Crippen LogP contribution is 2.41. The van der Waals surface area contributed by atoms with Crippen LogP contribution in [0.5, 0.6) is 5.88 Å². The van der Waals surface area contributed by atoms with E-state index >= 15 is 0 Å². The van der Waals surface area contributed by atoms with E-state index < -0.39 is 11.9 Å². The number of carboxylic acids is 1. The van der Waals surface area contributed by atoms with Crippen molar-refractivity contribution >= 4 is 17.6 Å². The largest absolute Gasteiger partial charge is 0.492 e. The van der Waals surface area contributed by atoms with E-state index in [1.54, 1.807) is 0 Å². The second-order valence-corrected chi connectivity index (χ2v) is 10.8. The van der Waals surface area contributed by atoms with Crippen LogP contribution >= 0.6 is 11.6 Å². The van der Waals surface area contributed by atoms with Gasteiger partial charge in [-0.2, -0.15) is 0 Å². The summed E-state index contributed by atoms with van der Waals surface area (Å²) in [6, 6.07) is 7.83. The smallest absolute Gasteiger partial charge is 0.311 e. The minimum atomic E-state index is -0.739. The molecule has 1 aromatic heterocycles. The minimum absolute atomic E-state index is 0.00198. The lowest BCUT2D eigenvalue weighted by molar-refractivity contribution is -0.140. The number of nitrogens with zero attached hydrogens (tertiary/aromatic N) is 2. The molecule has 0 saturated heterocycles. The molecule has 176 valence electrons. The van der Waals surface area contributed by atoms with Crippen molar-refractivity contribution in [2.45, 2.75) is 91.0 Å². The van der Waals surface area contributed by atoms with E-state index in [1.807, 2.05) is 28.8 Å². The van der Waals surface area contributed by atoms with Gasteiger partial charge in [-0.05, 0) is 48.1 Å². The van der Waals surface area contributed by atoms with Gasteiger partial charge in [0.15, 0.2) is 5.15 Å². The number of imidazole rings is 1. The van der Waals surface area contributed by atoms with Gasteiger partial charge in [-0.1, -0.05) is 82.8 Å². The van der Waals surface area contributed by atoms with Crippen molar-refractivity contribution in [2.75, 3.05) is 0 Å². The van der Waals surface area contributed by atoms with Crippen LogP contribution in [0.2, 0.25) is 5.15 Å². The summed E-state index contributed by atoms with van der Waals surface area (Å²) in [5.74, 6) is -0.186. The molecular weight excluding hydrogens is 424 g/mol. The fourth-order valence-corrected chi connectivity index (χ4v) is 5.24. The first kappa shape index (κ1) is 24.6. The molecule has 1 aliphatic carbocycles. The van der Waals surface area contributed by atoms with E-state index in [9.17, 15) is 15.0 Å². The van der Waals surface area contributed by atoms with Gasteiger partial charge in [-0.15, -0.1) is 0 Å². The zero-order valence-electron chi connectivity index (χ0n) is 19.8. The normalized spacial score (nSPS) is 16.9. The van der Waals surface area contributed by atoms with Crippen LogP contribution in [-0.4, -0.2) is 25.7 Å². The average molecular weight is 461 g/mol. The quantitative estimate of drug-likeness (QED) is 0.423. The molecule has 2 N–H and O–H groups in total. The van der Waals surface area contributed by atoms with Crippen LogP contribution in [0, 0.1) is 11.3 Å². The number of carbonyl (C=O) groups is 1. The van der Waals surface area contributed by atoms with Crippen LogP contribution in [-0.2, 0) is 11.2 Å². The van der Waals surface area contributed by atoms with Gasteiger partial charge < -0.3 is 10.2 Å². The summed E-state index contributed by atoms with van der Waals surface area (Å²) in [4.78, 5) is 16.5. The van der Waals surface area contributed by atoms with E-state index in [0.29, 0.717) is 0 Å². The maximum Gasteiger partial charge on any atom is 0.311 e. The maximum absolute atomic E-state index is 12.0. The number of halogens is 1. The monoisotopic (exact) mass is 460 g/mol. The molecule has 2 unspecified atom stereocenters. The van der Waals surface area contributed by atoms with Crippen molar-refractivity contribution in [3.8, 4) is 5.88 Å². The second-order valence-electron chi connectivity index (χ2n) is 10.4. The Kier molecular flexibility index (Phi) is 7.92. The lowest BCUT2D eigenvalue weighted by Gasteiger charge is -2.29. The van der Waals surface area contributed by atoms with Crippen LogP contribution in [0.4, 0.5) is 0 Å². The molecule has 0 radical (unpaired) electrons. The Hall–Kier alpha value is -2.01. The Balaban J connectivity index is 1.99. The molecule has 0 amide bonds. The van der Waals surface area contributed by atoms with Crippen molar-refractivity contribution in [1.82, 2.24) is 9.55 Å². The van der Waals surface area contributed by atoms with Crippen molar-refractivity contribution in [1.29, 1.82) is 0 Å². The van der Waals surface area contributed by atoms with Crippen LogP contribution in [0.25, 0.3) is 0 Å². The highest BCUT2D eigenvalue weighted by atomic mass is 35.5. The van der Waals surface area contributed by atoms with Crippen molar-refractivity contribution in [2.24, 2.45) is 11.3 Å².